The molecule has 0 radical (unpaired) electrons. The van der Waals surface area contributed by atoms with E-state index in [1.807, 2.05) is 19.1 Å². The number of aromatic nitrogens is 2. The summed E-state index contributed by atoms with van der Waals surface area (Å²) in [5.74, 6) is 0.898. The van der Waals surface area contributed by atoms with Gasteiger partial charge in [0, 0.05) is 24.5 Å². The normalized spacial score (nSPS) is 19.6. The van der Waals surface area contributed by atoms with Crippen LogP contribution in [0.3, 0.4) is 0 Å². The van der Waals surface area contributed by atoms with Gasteiger partial charge >= 0.3 is 0 Å². The molecule has 9 nitrogen and oxygen atoms in total. The van der Waals surface area contributed by atoms with Crippen molar-refractivity contribution in [2.45, 2.75) is 37.1 Å². The molecule has 0 aliphatic carbocycles. The zero-order chi connectivity index (χ0) is 23.4. The average molecular weight is 471 g/mol. The van der Waals surface area contributed by atoms with Crippen LogP contribution < -0.4 is 10.2 Å². The molecule has 1 unspecified atom stereocenters. The second kappa shape index (κ2) is 9.74. The van der Waals surface area contributed by atoms with Gasteiger partial charge in [-0.2, -0.15) is 4.31 Å². The monoisotopic (exact) mass is 470 g/mol. The molecule has 10 heteroatoms. The fraction of sp³-hybridized carbons (Fsp3) is 0.304. The molecule has 1 aliphatic heterocycles. The first-order valence-electron chi connectivity index (χ1n) is 10.7. The van der Waals surface area contributed by atoms with Crippen LogP contribution in [0.5, 0.6) is 11.5 Å². The molecule has 2 atom stereocenters. The van der Waals surface area contributed by atoms with E-state index in [0.29, 0.717) is 24.3 Å². The molecule has 1 saturated heterocycles. The molecule has 174 valence electrons. The Bertz CT molecular complexity index is 1180. The Balaban J connectivity index is 1.52. The van der Waals surface area contributed by atoms with Crippen LogP contribution in [0.2, 0.25) is 0 Å². The predicted molar refractivity (Wildman–Crippen MR) is 121 cm³/mol. The van der Waals surface area contributed by atoms with Crippen molar-refractivity contribution in [3.8, 4) is 22.9 Å². The number of carbonyl (C=O) groups excluding carboxylic acids is 1. The first kappa shape index (κ1) is 23.0. The number of ether oxygens (including phenoxy) is 1. The summed E-state index contributed by atoms with van der Waals surface area (Å²) in [6, 6.07) is 12.5. The van der Waals surface area contributed by atoms with Gasteiger partial charge in [-0.1, -0.05) is 13.3 Å². The summed E-state index contributed by atoms with van der Waals surface area (Å²) in [5.41, 5.74) is 2.54. The molecular weight excluding hydrogens is 444 g/mol. The maximum atomic E-state index is 13.4. The van der Waals surface area contributed by atoms with Crippen molar-refractivity contribution in [3.05, 3.63) is 60.9 Å². The molecule has 1 amide bonds. The van der Waals surface area contributed by atoms with Crippen LogP contribution in [-0.2, 0) is 14.8 Å². The summed E-state index contributed by atoms with van der Waals surface area (Å²) in [4.78, 5) is 19.6. The molecular formula is C23H26N4O5S. The lowest BCUT2D eigenvalue weighted by Crippen LogP contribution is -2.51. The van der Waals surface area contributed by atoms with E-state index in [1.54, 1.807) is 42.1 Å². The third-order valence-corrected chi connectivity index (χ3v) is 7.70. The zero-order valence-electron chi connectivity index (χ0n) is 18.1. The van der Waals surface area contributed by atoms with Gasteiger partial charge in [0.2, 0.25) is 10.0 Å². The van der Waals surface area contributed by atoms with Crippen molar-refractivity contribution in [2.24, 2.45) is 5.92 Å². The van der Waals surface area contributed by atoms with Crippen LogP contribution in [0.1, 0.15) is 26.2 Å². The molecule has 0 bridgehead atoms. The van der Waals surface area contributed by atoms with Gasteiger partial charge in [-0.25, -0.2) is 18.9 Å². The van der Waals surface area contributed by atoms with Crippen molar-refractivity contribution in [1.82, 2.24) is 19.8 Å². The van der Waals surface area contributed by atoms with E-state index in [0.717, 1.165) is 17.8 Å². The van der Waals surface area contributed by atoms with Crippen LogP contribution in [0.25, 0.3) is 11.4 Å². The number of nitrogens with zero attached hydrogens (tertiary/aromatic N) is 2. The van der Waals surface area contributed by atoms with Gasteiger partial charge in [0.1, 0.15) is 23.4 Å². The second-order valence-electron chi connectivity index (χ2n) is 8.05. The van der Waals surface area contributed by atoms with Gasteiger partial charge in [-0.15, -0.1) is 0 Å². The molecule has 1 aliphatic rings. The average Bonchev–Trinajstić information content (AvgIpc) is 3.29. The topological polar surface area (TPSA) is 125 Å². The molecule has 3 aromatic rings. The van der Waals surface area contributed by atoms with Crippen molar-refractivity contribution >= 4 is 15.9 Å². The maximum Gasteiger partial charge on any atom is 0.262 e. The molecule has 1 aromatic heterocycles. The van der Waals surface area contributed by atoms with E-state index in [4.69, 9.17) is 9.94 Å². The Kier molecular flexibility index (Phi) is 6.77. The standard InChI is InChI=1S/C23H26N4O5S/c1-16-4-2-3-15-27(21(16)23(28)26-29)33(30,31)20-11-9-19(10-12-20)32-18-7-5-17(6-8-18)22-24-13-14-25-22/h5-14,16,21,29H,2-4,15H2,1H3,(H,24,25)(H,26,28)/t16?,21-/m0/s1. The van der Waals surface area contributed by atoms with Gasteiger partial charge in [0.15, 0.2) is 0 Å². The number of hydrogen-bond donors (Lipinski definition) is 3. The number of H-pyrrole nitrogens is 1. The summed E-state index contributed by atoms with van der Waals surface area (Å²) in [5, 5.41) is 9.16. The summed E-state index contributed by atoms with van der Waals surface area (Å²) < 4.78 is 33.7. The smallest absolute Gasteiger partial charge is 0.262 e. The summed E-state index contributed by atoms with van der Waals surface area (Å²) in [6.45, 7) is 2.03. The Morgan fingerprint density at radius 3 is 2.39 bits per heavy atom. The SMILES string of the molecule is CC1CCCCN(S(=O)(=O)c2ccc(Oc3ccc(-c4ncc[nH]4)cc3)cc2)[C@@H]1C(=O)NO. The van der Waals surface area contributed by atoms with Crippen molar-refractivity contribution < 1.29 is 23.2 Å². The van der Waals surface area contributed by atoms with Gasteiger partial charge in [0.05, 0.1) is 4.90 Å². The number of amides is 1. The Morgan fingerprint density at radius 2 is 1.79 bits per heavy atom. The highest BCUT2D eigenvalue weighted by atomic mass is 32.2. The number of imidazole rings is 1. The van der Waals surface area contributed by atoms with Gasteiger partial charge in [-0.3, -0.25) is 10.0 Å². The molecule has 3 N–H and O–H groups in total. The lowest BCUT2D eigenvalue weighted by atomic mass is 9.97. The number of aromatic amines is 1. The first-order valence-corrected chi connectivity index (χ1v) is 12.2. The van der Waals surface area contributed by atoms with E-state index in [2.05, 4.69) is 9.97 Å². The molecule has 2 heterocycles. The Morgan fingerprint density at radius 1 is 1.12 bits per heavy atom. The predicted octanol–water partition coefficient (Wildman–Crippen LogP) is 3.55. The van der Waals surface area contributed by atoms with Crippen LogP contribution in [-0.4, -0.2) is 46.4 Å². The maximum absolute atomic E-state index is 13.4. The summed E-state index contributed by atoms with van der Waals surface area (Å²) >= 11 is 0. The van der Waals surface area contributed by atoms with E-state index < -0.39 is 22.0 Å². The van der Waals surface area contributed by atoms with E-state index in [9.17, 15) is 13.2 Å². The number of hydrogen-bond acceptors (Lipinski definition) is 6. The number of benzene rings is 2. The minimum absolute atomic E-state index is 0.0628. The lowest BCUT2D eigenvalue weighted by molar-refractivity contribution is -0.134. The third kappa shape index (κ3) is 4.92. The third-order valence-electron chi connectivity index (χ3n) is 5.81. The Labute approximate surface area is 192 Å². The van der Waals surface area contributed by atoms with Crippen LogP contribution in [0, 0.1) is 5.92 Å². The lowest BCUT2D eigenvalue weighted by Gasteiger charge is -2.30. The van der Waals surface area contributed by atoms with Crippen LogP contribution in [0.4, 0.5) is 0 Å². The van der Waals surface area contributed by atoms with Crippen molar-refractivity contribution in [2.75, 3.05) is 6.54 Å². The Hall–Kier alpha value is -3.21. The minimum Gasteiger partial charge on any atom is -0.457 e. The highest BCUT2D eigenvalue weighted by molar-refractivity contribution is 7.89. The van der Waals surface area contributed by atoms with Gasteiger partial charge in [-0.05, 0) is 67.3 Å². The summed E-state index contributed by atoms with van der Waals surface area (Å²) in [6.07, 6.45) is 5.59. The van der Waals surface area contributed by atoms with Crippen molar-refractivity contribution in [1.29, 1.82) is 0 Å². The molecule has 0 spiro atoms. The van der Waals surface area contributed by atoms with Gasteiger partial charge in [0.25, 0.3) is 5.91 Å². The second-order valence-corrected chi connectivity index (χ2v) is 9.94. The van der Waals surface area contributed by atoms with Crippen LogP contribution >= 0.6 is 0 Å². The van der Waals surface area contributed by atoms with Crippen molar-refractivity contribution in [3.63, 3.8) is 0 Å². The number of rotatable bonds is 6. The number of nitrogens with one attached hydrogen (secondary N) is 2. The van der Waals surface area contributed by atoms with E-state index in [1.165, 1.54) is 16.4 Å². The minimum atomic E-state index is -3.95. The van der Waals surface area contributed by atoms with E-state index in [-0.39, 0.29) is 17.4 Å². The highest BCUT2D eigenvalue weighted by Gasteiger charge is 2.40. The fourth-order valence-electron chi connectivity index (χ4n) is 4.09. The number of carbonyl (C=O) groups is 1. The summed E-state index contributed by atoms with van der Waals surface area (Å²) in [7, 11) is -3.95. The zero-order valence-corrected chi connectivity index (χ0v) is 19.0. The molecule has 1 fully saturated rings. The molecule has 0 saturated carbocycles. The first-order chi connectivity index (χ1) is 15.9. The molecule has 2 aromatic carbocycles. The molecule has 4 rings (SSSR count). The van der Waals surface area contributed by atoms with Crippen LogP contribution in [0.15, 0.2) is 65.8 Å². The van der Waals surface area contributed by atoms with E-state index >= 15 is 0 Å². The fourth-order valence-corrected chi connectivity index (χ4v) is 5.82. The van der Waals surface area contributed by atoms with Gasteiger partial charge < -0.3 is 9.72 Å². The number of sulfonamides is 1. The highest BCUT2D eigenvalue weighted by Crippen LogP contribution is 2.30. The quantitative estimate of drug-likeness (QED) is 0.374. The largest absolute Gasteiger partial charge is 0.457 e. The number of hydroxylamine groups is 1. The molecule has 33 heavy (non-hydrogen) atoms.